The van der Waals surface area contributed by atoms with Crippen LogP contribution in [0.4, 0.5) is 0 Å². The molecule has 1 atom stereocenters. The van der Waals surface area contributed by atoms with Crippen LogP contribution in [0.3, 0.4) is 0 Å². The number of rotatable bonds is 4. The van der Waals surface area contributed by atoms with E-state index in [9.17, 15) is 9.59 Å². The molecule has 0 spiro atoms. The van der Waals surface area contributed by atoms with Crippen molar-refractivity contribution in [3.8, 4) is 5.75 Å². The monoisotopic (exact) mass is 454 g/mol. The minimum Gasteiger partial charge on any atom is -0.497 e. The van der Waals surface area contributed by atoms with Crippen LogP contribution in [0.5, 0.6) is 5.75 Å². The quantitative estimate of drug-likeness (QED) is 0.568. The van der Waals surface area contributed by atoms with Crippen LogP contribution in [-0.2, 0) is 9.53 Å². The Bertz CT molecular complexity index is 1370. The number of aromatic nitrogens is 1. The Morgan fingerprint density at radius 3 is 2.58 bits per heavy atom. The molecule has 0 bridgehead atoms. The van der Waals surface area contributed by atoms with E-state index in [0.29, 0.717) is 31.4 Å². The number of ether oxygens (including phenoxy) is 2. The maximum Gasteiger partial charge on any atom is 0.338 e. The summed E-state index contributed by atoms with van der Waals surface area (Å²) in [4.78, 5) is 31.1. The fourth-order valence-electron chi connectivity index (χ4n) is 3.54. The Morgan fingerprint density at radius 1 is 1.19 bits per heavy atom. The number of allylic oxidation sites excluding steroid dienone is 1. The fraction of sp³-hybridized carbons (Fsp3) is 0.174. The number of carbonyl (C=O) groups excluding carboxylic acids is 1. The molecule has 0 radical (unpaired) electrons. The smallest absolute Gasteiger partial charge is 0.338 e. The number of fused-ring (bicyclic) bond motifs is 1. The van der Waals surface area contributed by atoms with Gasteiger partial charge in [-0.15, -0.1) is 0 Å². The lowest BCUT2D eigenvalue weighted by molar-refractivity contribution is -0.136. The molecule has 0 saturated heterocycles. The van der Waals surface area contributed by atoms with Crippen LogP contribution in [0, 0.1) is 0 Å². The van der Waals surface area contributed by atoms with E-state index in [-0.39, 0.29) is 5.56 Å². The Morgan fingerprint density at radius 2 is 1.94 bits per heavy atom. The molecule has 0 fully saturated rings. The van der Waals surface area contributed by atoms with E-state index in [2.05, 4.69) is 4.99 Å². The van der Waals surface area contributed by atoms with Crippen LogP contribution in [0.2, 0.25) is 5.02 Å². The molecule has 8 heteroatoms. The molecular formula is C23H19ClN2O4S. The molecule has 0 N–H and O–H groups in total. The first-order valence-corrected chi connectivity index (χ1v) is 10.6. The van der Waals surface area contributed by atoms with E-state index < -0.39 is 12.0 Å². The average molecular weight is 455 g/mol. The highest BCUT2D eigenvalue weighted by molar-refractivity contribution is 7.07. The summed E-state index contributed by atoms with van der Waals surface area (Å²) in [6.07, 6.45) is 1.78. The molecule has 0 aliphatic carbocycles. The normalized spacial score (nSPS) is 16.0. The van der Waals surface area contributed by atoms with E-state index >= 15 is 0 Å². The highest BCUT2D eigenvalue weighted by atomic mass is 35.5. The van der Waals surface area contributed by atoms with Crippen molar-refractivity contribution in [3.63, 3.8) is 0 Å². The summed E-state index contributed by atoms with van der Waals surface area (Å²) in [5.74, 6) is 0.156. The summed E-state index contributed by atoms with van der Waals surface area (Å²) in [6, 6.07) is 13.8. The van der Waals surface area contributed by atoms with Crippen LogP contribution in [-0.4, -0.2) is 24.8 Å². The number of carbonyl (C=O) groups is 1. The van der Waals surface area contributed by atoms with E-state index in [4.69, 9.17) is 21.1 Å². The summed E-state index contributed by atoms with van der Waals surface area (Å²) in [7, 11) is 2.90. The largest absolute Gasteiger partial charge is 0.497 e. The zero-order chi connectivity index (χ0) is 22.1. The zero-order valence-electron chi connectivity index (χ0n) is 17.1. The number of nitrogens with zero attached hydrogens (tertiary/aromatic N) is 2. The second kappa shape index (κ2) is 8.53. The first-order chi connectivity index (χ1) is 14.9. The summed E-state index contributed by atoms with van der Waals surface area (Å²) >= 11 is 7.35. The fourth-order valence-corrected chi connectivity index (χ4v) is 4.79. The van der Waals surface area contributed by atoms with Gasteiger partial charge in [0.2, 0.25) is 0 Å². The van der Waals surface area contributed by atoms with Crippen molar-refractivity contribution in [1.82, 2.24) is 4.57 Å². The van der Waals surface area contributed by atoms with Gasteiger partial charge in [-0.3, -0.25) is 9.36 Å². The van der Waals surface area contributed by atoms with Gasteiger partial charge in [0.15, 0.2) is 4.80 Å². The number of thiazole rings is 1. The highest BCUT2D eigenvalue weighted by Crippen LogP contribution is 2.31. The molecule has 2 aromatic carbocycles. The van der Waals surface area contributed by atoms with Gasteiger partial charge in [-0.2, -0.15) is 0 Å². The predicted octanol–water partition coefficient (Wildman–Crippen LogP) is 3.07. The SMILES string of the molecule is COC(=O)C1=C(C)N=c2sc(=Cc3cccc(Cl)c3)c(=O)n2C1c1ccc(OC)cc1. The van der Waals surface area contributed by atoms with E-state index in [1.54, 1.807) is 48.9 Å². The minimum absolute atomic E-state index is 0.238. The third-order valence-electron chi connectivity index (χ3n) is 5.00. The van der Waals surface area contributed by atoms with Gasteiger partial charge in [0.05, 0.1) is 36.1 Å². The van der Waals surface area contributed by atoms with E-state index in [1.165, 1.54) is 18.4 Å². The molecule has 1 aliphatic heterocycles. The van der Waals surface area contributed by atoms with Gasteiger partial charge in [-0.05, 0) is 48.4 Å². The topological polar surface area (TPSA) is 69.9 Å². The third-order valence-corrected chi connectivity index (χ3v) is 6.22. The Balaban J connectivity index is 1.96. The summed E-state index contributed by atoms with van der Waals surface area (Å²) in [5, 5.41) is 0.585. The Labute approximate surface area is 187 Å². The lowest BCUT2D eigenvalue weighted by atomic mass is 9.96. The molecule has 6 nitrogen and oxygen atoms in total. The van der Waals surface area contributed by atoms with Crippen molar-refractivity contribution >= 4 is 35.0 Å². The van der Waals surface area contributed by atoms with Crippen molar-refractivity contribution in [2.75, 3.05) is 14.2 Å². The van der Waals surface area contributed by atoms with Crippen LogP contribution >= 0.6 is 22.9 Å². The maximum atomic E-state index is 13.4. The molecule has 31 heavy (non-hydrogen) atoms. The van der Waals surface area contributed by atoms with Crippen molar-refractivity contribution in [2.24, 2.45) is 4.99 Å². The number of hydrogen-bond donors (Lipinski definition) is 0. The highest BCUT2D eigenvalue weighted by Gasteiger charge is 2.33. The molecule has 3 aromatic rings. The Kier molecular flexibility index (Phi) is 5.80. The lowest BCUT2D eigenvalue weighted by Crippen LogP contribution is -2.39. The van der Waals surface area contributed by atoms with Gasteiger partial charge < -0.3 is 9.47 Å². The lowest BCUT2D eigenvalue weighted by Gasteiger charge is -2.24. The van der Waals surface area contributed by atoms with E-state index in [1.807, 2.05) is 24.3 Å². The van der Waals surface area contributed by atoms with Crippen molar-refractivity contribution < 1.29 is 14.3 Å². The van der Waals surface area contributed by atoms with Crippen molar-refractivity contribution in [3.05, 3.63) is 95.6 Å². The van der Waals surface area contributed by atoms with Crippen LogP contribution < -0.4 is 19.6 Å². The molecule has 2 heterocycles. The second-order valence-electron chi connectivity index (χ2n) is 6.90. The van der Waals surface area contributed by atoms with Gasteiger partial charge in [0.25, 0.3) is 5.56 Å². The number of methoxy groups -OCH3 is 2. The standard InChI is InChI=1S/C23H19ClN2O4S/c1-13-19(22(28)30-3)20(15-7-9-17(29-2)10-8-15)26-21(27)18(31-23(26)25-13)12-14-5-4-6-16(24)11-14/h4-12,20H,1-3H3. The molecule has 158 valence electrons. The van der Waals surface area contributed by atoms with Gasteiger partial charge in [-0.25, -0.2) is 9.79 Å². The number of halogens is 1. The van der Waals surface area contributed by atoms with E-state index in [0.717, 1.165) is 11.1 Å². The summed E-state index contributed by atoms with van der Waals surface area (Å²) in [5.41, 5.74) is 2.17. The molecule has 0 amide bonds. The summed E-state index contributed by atoms with van der Waals surface area (Å²) < 4.78 is 12.3. The minimum atomic E-state index is -0.656. The van der Waals surface area contributed by atoms with Gasteiger partial charge in [0, 0.05) is 5.02 Å². The summed E-state index contributed by atoms with van der Waals surface area (Å²) in [6.45, 7) is 1.75. The molecule has 4 rings (SSSR count). The maximum absolute atomic E-state index is 13.4. The van der Waals surface area contributed by atoms with Crippen molar-refractivity contribution in [2.45, 2.75) is 13.0 Å². The first kappa shape index (κ1) is 21.1. The van der Waals surface area contributed by atoms with Crippen LogP contribution in [0.1, 0.15) is 24.1 Å². The van der Waals surface area contributed by atoms with Crippen LogP contribution in [0.25, 0.3) is 6.08 Å². The molecule has 0 saturated carbocycles. The van der Waals surface area contributed by atoms with Gasteiger partial charge in [-0.1, -0.05) is 47.2 Å². The molecule has 1 aromatic heterocycles. The number of benzene rings is 2. The van der Waals surface area contributed by atoms with Crippen LogP contribution in [0.15, 0.2) is 69.6 Å². The number of hydrogen-bond acceptors (Lipinski definition) is 6. The van der Waals surface area contributed by atoms with Gasteiger partial charge >= 0.3 is 5.97 Å². The third kappa shape index (κ3) is 3.94. The van der Waals surface area contributed by atoms with Gasteiger partial charge in [0.1, 0.15) is 5.75 Å². The number of esters is 1. The molecule has 1 aliphatic rings. The predicted molar refractivity (Wildman–Crippen MR) is 120 cm³/mol. The molecule has 1 unspecified atom stereocenters. The average Bonchev–Trinajstić information content (AvgIpc) is 3.07. The van der Waals surface area contributed by atoms with Crippen molar-refractivity contribution in [1.29, 1.82) is 0 Å². The molecular weight excluding hydrogens is 436 g/mol. The first-order valence-electron chi connectivity index (χ1n) is 9.43. The second-order valence-corrected chi connectivity index (χ2v) is 8.35. The zero-order valence-corrected chi connectivity index (χ0v) is 18.7. The Hall–Kier alpha value is -3.16.